The molecule has 1 amide bonds. The average Bonchev–Trinajstić information content (AvgIpc) is 3.10. The number of carbonyl (C=O) groups excluding carboxylic acids is 1. The van der Waals surface area contributed by atoms with Gasteiger partial charge in [-0.2, -0.15) is 0 Å². The first-order valence-electron chi connectivity index (χ1n) is 9.97. The summed E-state index contributed by atoms with van der Waals surface area (Å²) in [5.74, 6) is 0.0948. The number of hydrogen-bond donors (Lipinski definition) is 2. The minimum absolute atomic E-state index is 0.0731. The van der Waals surface area contributed by atoms with Crippen molar-refractivity contribution < 1.29 is 4.79 Å². The second-order valence-corrected chi connectivity index (χ2v) is 8.67. The molecule has 5 nitrogen and oxygen atoms in total. The van der Waals surface area contributed by atoms with E-state index in [4.69, 9.17) is 5.73 Å². The predicted molar refractivity (Wildman–Crippen MR) is 106 cm³/mol. The molecule has 5 heteroatoms. The molecule has 1 atom stereocenters. The van der Waals surface area contributed by atoms with E-state index in [1.807, 2.05) is 0 Å². The smallest absolute Gasteiger partial charge is 0.234 e. The zero-order valence-electron chi connectivity index (χ0n) is 16.3. The van der Waals surface area contributed by atoms with Gasteiger partial charge in [0.1, 0.15) is 0 Å². The van der Waals surface area contributed by atoms with E-state index in [1.54, 1.807) is 0 Å². The topological polar surface area (TPSA) is 61.6 Å². The van der Waals surface area contributed by atoms with Crippen LogP contribution in [0.1, 0.15) is 44.2 Å². The maximum absolute atomic E-state index is 12.3. The largest absolute Gasteiger partial charge is 0.351 e. The van der Waals surface area contributed by atoms with Crippen LogP contribution in [0.4, 0.5) is 0 Å². The number of nitrogens with zero attached hydrogens (tertiary/aromatic N) is 2. The van der Waals surface area contributed by atoms with E-state index in [9.17, 15) is 4.79 Å². The lowest BCUT2D eigenvalue weighted by Crippen LogP contribution is -2.54. The number of benzene rings is 1. The first kappa shape index (κ1) is 19.3. The molecular weight excluding hydrogens is 324 g/mol. The van der Waals surface area contributed by atoms with Crippen LogP contribution >= 0.6 is 0 Å². The van der Waals surface area contributed by atoms with Gasteiger partial charge in [0.05, 0.1) is 6.54 Å². The average molecular weight is 359 g/mol. The Kier molecular flexibility index (Phi) is 6.33. The standard InChI is InChI=1S/C21H34N4O/c1-21(2)16-25(12-9-19(21)22)15-20(26)23-13-17-5-7-18(8-6-17)14-24-10-3-4-11-24/h5-8,19H,3-4,9-16,22H2,1-2H3,(H,23,26). The summed E-state index contributed by atoms with van der Waals surface area (Å²) < 4.78 is 0. The van der Waals surface area contributed by atoms with Crippen molar-refractivity contribution in [2.45, 2.75) is 52.2 Å². The van der Waals surface area contributed by atoms with Gasteiger partial charge in [-0.15, -0.1) is 0 Å². The van der Waals surface area contributed by atoms with Gasteiger partial charge in [-0.3, -0.25) is 14.6 Å². The van der Waals surface area contributed by atoms with Gasteiger partial charge in [0.15, 0.2) is 0 Å². The fourth-order valence-corrected chi connectivity index (χ4v) is 4.04. The highest BCUT2D eigenvalue weighted by Crippen LogP contribution is 2.27. The summed E-state index contributed by atoms with van der Waals surface area (Å²) in [6.07, 6.45) is 3.60. The second kappa shape index (κ2) is 8.51. The highest BCUT2D eigenvalue weighted by Gasteiger charge is 2.33. The van der Waals surface area contributed by atoms with E-state index in [0.29, 0.717) is 13.1 Å². The Morgan fingerprint density at radius 1 is 1.12 bits per heavy atom. The molecule has 2 heterocycles. The van der Waals surface area contributed by atoms with Crippen LogP contribution in [0.25, 0.3) is 0 Å². The van der Waals surface area contributed by atoms with E-state index in [0.717, 1.165) is 31.6 Å². The van der Waals surface area contributed by atoms with E-state index >= 15 is 0 Å². The molecule has 0 aliphatic carbocycles. The number of nitrogens with one attached hydrogen (secondary N) is 1. The van der Waals surface area contributed by atoms with Crippen molar-refractivity contribution in [2.24, 2.45) is 11.1 Å². The van der Waals surface area contributed by atoms with Gasteiger partial charge in [-0.05, 0) is 48.9 Å². The molecule has 0 aromatic heterocycles. The Balaban J connectivity index is 1.41. The molecule has 1 aromatic carbocycles. The van der Waals surface area contributed by atoms with Crippen molar-refractivity contribution in [1.29, 1.82) is 0 Å². The van der Waals surface area contributed by atoms with Gasteiger partial charge in [0.2, 0.25) is 5.91 Å². The van der Waals surface area contributed by atoms with Crippen molar-refractivity contribution in [3.63, 3.8) is 0 Å². The van der Waals surface area contributed by atoms with Crippen molar-refractivity contribution in [3.05, 3.63) is 35.4 Å². The summed E-state index contributed by atoms with van der Waals surface area (Å²) in [6, 6.07) is 8.87. The summed E-state index contributed by atoms with van der Waals surface area (Å²) in [6.45, 7) is 10.7. The molecule has 0 radical (unpaired) electrons. The predicted octanol–water partition coefficient (Wildman–Crippen LogP) is 1.96. The fraction of sp³-hybridized carbons (Fsp3) is 0.667. The van der Waals surface area contributed by atoms with Crippen LogP contribution in [0.2, 0.25) is 0 Å². The van der Waals surface area contributed by atoms with Gasteiger partial charge < -0.3 is 11.1 Å². The molecule has 2 aliphatic heterocycles. The number of carbonyl (C=O) groups is 1. The van der Waals surface area contributed by atoms with Gasteiger partial charge in [0, 0.05) is 32.2 Å². The van der Waals surface area contributed by atoms with Crippen LogP contribution in [0.15, 0.2) is 24.3 Å². The third-order valence-electron chi connectivity index (χ3n) is 5.88. The van der Waals surface area contributed by atoms with Crippen LogP contribution in [-0.4, -0.2) is 54.5 Å². The molecule has 3 N–H and O–H groups in total. The first-order chi connectivity index (χ1) is 12.4. The molecule has 1 aromatic rings. The maximum atomic E-state index is 12.3. The van der Waals surface area contributed by atoms with Crippen LogP contribution < -0.4 is 11.1 Å². The lowest BCUT2D eigenvalue weighted by Gasteiger charge is -2.42. The molecule has 0 saturated carbocycles. The number of hydrogen-bond acceptors (Lipinski definition) is 4. The van der Waals surface area contributed by atoms with E-state index in [-0.39, 0.29) is 17.4 Å². The van der Waals surface area contributed by atoms with Crippen LogP contribution in [0.5, 0.6) is 0 Å². The van der Waals surface area contributed by atoms with Crippen molar-refractivity contribution in [2.75, 3.05) is 32.7 Å². The Morgan fingerprint density at radius 2 is 1.77 bits per heavy atom. The van der Waals surface area contributed by atoms with Crippen LogP contribution in [0.3, 0.4) is 0 Å². The zero-order chi connectivity index (χ0) is 18.6. The van der Waals surface area contributed by atoms with E-state index in [1.165, 1.54) is 31.5 Å². The van der Waals surface area contributed by atoms with Crippen LogP contribution in [-0.2, 0) is 17.9 Å². The minimum Gasteiger partial charge on any atom is -0.351 e. The van der Waals surface area contributed by atoms with Gasteiger partial charge >= 0.3 is 0 Å². The fourth-order valence-electron chi connectivity index (χ4n) is 4.04. The number of amides is 1. The maximum Gasteiger partial charge on any atom is 0.234 e. The molecule has 2 saturated heterocycles. The summed E-state index contributed by atoms with van der Waals surface area (Å²) in [4.78, 5) is 17.0. The molecule has 2 aliphatic rings. The Labute approximate surface area is 157 Å². The van der Waals surface area contributed by atoms with Crippen molar-refractivity contribution in [3.8, 4) is 0 Å². The second-order valence-electron chi connectivity index (χ2n) is 8.67. The zero-order valence-corrected chi connectivity index (χ0v) is 16.3. The van der Waals surface area contributed by atoms with Gasteiger partial charge in [-0.1, -0.05) is 38.1 Å². The summed E-state index contributed by atoms with van der Waals surface area (Å²) in [5.41, 5.74) is 8.76. The SMILES string of the molecule is CC1(C)CN(CC(=O)NCc2ccc(CN3CCCC3)cc2)CCC1N. The molecular formula is C21H34N4O. The van der Waals surface area contributed by atoms with Crippen molar-refractivity contribution in [1.82, 2.24) is 15.1 Å². The monoisotopic (exact) mass is 358 g/mol. The highest BCUT2D eigenvalue weighted by atomic mass is 16.2. The lowest BCUT2D eigenvalue weighted by molar-refractivity contribution is -0.123. The van der Waals surface area contributed by atoms with Gasteiger partial charge in [-0.25, -0.2) is 0 Å². The molecule has 2 fully saturated rings. The lowest BCUT2D eigenvalue weighted by atomic mass is 9.80. The van der Waals surface area contributed by atoms with E-state index in [2.05, 4.69) is 53.2 Å². The summed E-state index contributed by atoms with van der Waals surface area (Å²) >= 11 is 0. The quantitative estimate of drug-likeness (QED) is 0.816. The number of nitrogens with two attached hydrogens (primary N) is 1. The molecule has 144 valence electrons. The van der Waals surface area contributed by atoms with Crippen molar-refractivity contribution >= 4 is 5.91 Å². The van der Waals surface area contributed by atoms with Gasteiger partial charge in [0.25, 0.3) is 0 Å². The molecule has 1 unspecified atom stereocenters. The minimum atomic E-state index is 0.0731. The number of piperidine rings is 1. The Hall–Kier alpha value is -1.43. The third kappa shape index (κ3) is 5.29. The Morgan fingerprint density at radius 3 is 2.42 bits per heavy atom. The third-order valence-corrected chi connectivity index (χ3v) is 5.88. The van der Waals surface area contributed by atoms with E-state index < -0.39 is 0 Å². The number of rotatable bonds is 6. The molecule has 26 heavy (non-hydrogen) atoms. The first-order valence-corrected chi connectivity index (χ1v) is 9.97. The Bertz CT molecular complexity index is 593. The van der Waals surface area contributed by atoms with Crippen LogP contribution in [0, 0.1) is 5.41 Å². The number of likely N-dealkylation sites (tertiary alicyclic amines) is 2. The summed E-state index contributed by atoms with van der Waals surface area (Å²) in [7, 11) is 0. The summed E-state index contributed by atoms with van der Waals surface area (Å²) in [5, 5.41) is 3.06. The molecule has 0 bridgehead atoms. The molecule has 0 spiro atoms. The molecule has 3 rings (SSSR count). The normalized spacial score (nSPS) is 23.9. The highest BCUT2D eigenvalue weighted by molar-refractivity contribution is 5.78.